The van der Waals surface area contributed by atoms with Gasteiger partial charge in [-0.3, -0.25) is 18.6 Å². The number of nitrogens with two attached hydrogens (primary N) is 1. The van der Waals surface area contributed by atoms with Crippen molar-refractivity contribution in [3.8, 4) is 0 Å². The predicted molar refractivity (Wildman–Crippen MR) is 228 cm³/mol. The summed E-state index contributed by atoms with van der Waals surface area (Å²) in [5.41, 5.74) is 5.33. The quantitative estimate of drug-likeness (QED) is 0.0273. The lowest BCUT2D eigenvalue weighted by Crippen LogP contribution is -2.29. The Balaban J connectivity index is 4.35. The van der Waals surface area contributed by atoms with Gasteiger partial charge in [0.25, 0.3) is 0 Å². The minimum atomic E-state index is -4.40. The van der Waals surface area contributed by atoms with E-state index < -0.39 is 32.5 Å². The number of carbonyl (C=O) groups excluding carboxylic acids is 2. The van der Waals surface area contributed by atoms with Crippen LogP contribution < -0.4 is 5.73 Å². The van der Waals surface area contributed by atoms with Crippen LogP contribution in [0.25, 0.3) is 0 Å². The normalized spacial score (nSPS) is 14.3. The van der Waals surface area contributed by atoms with Gasteiger partial charge in [0, 0.05) is 19.4 Å². The van der Waals surface area contributed by atoms with Gasteiger partial charge in [-0.2, -0.15) is 0 Å². The molecule has 0 bridgehead atoms. The summed E-state index contributed by atoms with van der Waals surface area (Å²) in [7, 11) is -4.40. The number of unbranched alkanes of at least 4 members (excludes halogenated alkanes) is 8. The van der Waals surface area contributed by atoms with E-state index in [4.69, 9.17) is 24.3 Å². The molecule has 0 aliphatic heterocycles. The number of allylic oxidation sites excluding steroid dienone is 16. The lowest BCUT2D eigenvalue weighted by molar-refractivity contribution is -0.161. The van der Waals surface area contributed by atoms with Gasteiger partial charge in [0.1, 0.15) is 6.61 Å². The number of carbonyl (C=O) groups is 2. The molecule has 0 spiro atoms. The van der Waals surface area contributed by atoms with Gasteiger partial charge in [0.15, 0.2) is 6.10 Å². The molecule has 0 rings (SSSR count). The number of rotatable bonds is 37. The van der Waals surface area contributed by atoms with E-state index in [1.165, 1.54) is 25.7 Å². The second-order valence-electron chi connectivity index (χ2n) is 13.1. The molecule has 0 aromatic carbocycles. The average molecular weight is 788 g/mol. The van der Waals surface area contributed by atoms with Crippen LogP contribution in [0.1, 0.15) is 142 Å². The fourth-order valence-corrected chi connectivity index (χ4v) is 5.69. The van der Waals surface area contributed by atoms with Crippen molar-refractivity contribution in [2.45, 2.75) is 148 Å². The first-order valence-electron chi connectivity index (χ1n) is 20.7. The highest BCUT2D eigenvalue weighted by atomic mass is 31.2. The maximum atomic E-state index is 12.6. The van der Waals surface area contributed by atoms with E-state index >= 15 is 0 Å². The molecule has 0 aliphatic rings. The summed E-state index contributed by atoms with van der Waals surface area (Å²) < 4.78 is 32.6. The Labute approximate surface area is 334 Å². The zero-order chi connectivity index (χ0) is 40.3. The summed E-state index contributed by atoms with van der Waals surface area (Å²) in [4.78, 5) is 34.8. The largest absolute Gasteiger partial charge is 0.472 e. The molecule has 55 heavy (non-hydrogen) atoms. The number of hydrogen-bond donors (Lipinski definition) is 2. The molecule has 312 valence electrons. The third-order valence-electron chi connectivity index (χ3n) is 7.97. The SMILES string of the molecule is CC/C=C\C/C=C\C/C=C\CCCCCCCC(=O)O[C@H](COC(=O)CC/C=C\C/C=C\C/C=C\C/C=C\C/C=C\CCCCC)COP(=O)(O)OCCN. The van der Waals surface area contributed by atoms with Gasteiger partial charge >= 0.3 is 19.8 Å². The Hall–Kier alpha value is -3.07. The molecule has 2 atom stereocenters. The number of esters is 2. The first-order valence-corrected chi connectivity index (χ1v) is 22.2. The molecular weight excluding hydrogens is 713 g/mol. The molecular formula is C45H74NO8P. The number of phosphoric ester groups is 1. The van der Waals surface area contributed by atoms with Gasteiger partial charge in [0.2, 0.25) is 0 Å². The third kappa shape index (κ3) is 40.4. The van der Waals surface area contributed by atoms with E-state index in [2.05, 4.69) is 98.9 Å². The highest BCUT2D eigenvalue weighted by Crippen LogP contribution is 2.43. The van der Waals surface area contributed by atoms with E-state index in [9.17, 15) is 19.0 Å². The van der Waals surface area contributed by atoms with Crippen LogP contribution in [0.2, 0.25) is 0 Å². The molecule has 1 unspecified atom stereocenters. The maximum Gasteiger partial charge on any atom is 0.472 e. The van der Waals surface area contributed by atoms with Gasteiger partial charge < -0.3 is 20.1 Å². The van der Waals surface area contributed by atoms with Crippen molar-refractivity contribution >= 4 is 19.8 Å². The van der Waals surface area contributed by atoms with Crippen molar-refractivity contribution in [2.75, 3.05) is 26.4 Å². The van der Waals surface area contributed by atoms with E-state index in [0.29, 0.717) is 12.8 Å². The monoisotopic (exact) mass is 788 g/mol. The molecule has 3 N–H and O–H groups in total. The second-order valence-corrected chi connectivity index (χ2v) is 14.6. The lowest BCUT2D eigenvalue weighted by atomic mass is 10.1. The van der Waals surface area contributed by atoms with Crippen LogP contribution in [0.4, 0.5) is 0 Å². The van der Waals surface area contributed by atoms with E-state index in [0.717, 1.165) is 77.0 Å². The Morgan fingerprint density at radius 2 is 1.04 bits per heavy atom. The molecule has 0 aromatic rings. The van der Waals surface area contributed by atoms with Crippen LogP contribution in [0.15, 0.2) is 97.2 Å². The molecule has 0 radical (unpaired) electrons. The van der Waals surface area contributed by atoms with E-state index in [1.807, 2.05) is 12.2 Å². The fourth-order valence-electron chi connectivity index (χ4n) is 4.92. The molecule has 0 aromatic heterocycles. The first kappa shape index (κ1) is 51.9. The smallest absolute Gasteiger partial charge is 0.462 e. The Morgan fingerprint density at radius 3 is 1.56 bits per heavy atom. The zero-order valence-corrected chi connectivity index (χ0v) is 35.0. The lowest BCUT2D eigenvalue weighted by Gasteiger charge is -2.19. The summed E-state index contributed by atoms with van der Waals surface area (Å²) >= 11 is 0. The first-order chi connectivity index (χ1) is 26.8. The van der Waals surface area contributed by atoms with Crippen molar-refractivity contribution in [1.82, 2.24) is 0 Å². The average Bonchev–Trinajstić information content (AvgIpc) is 3.17. The fraction of sp³-hybridized carbons (Fsp3) is 0.600. The minimum Gasteiger partial charge on any atom is -0.462 e. The minimum absolute atomic E-state index is 0.0354. The van der Waals surface area contributed by atoms with Gasteiger partial charge in [-0.15, -0.1) is 0 Å². The van der Waals surface area contributed by atoms with Gasteiger partial charge in [-0.1, -0.05) is 143 Å². The van der Waals surface area contributed by atoms with Gasteiger partial charge in [0.05, 0.1) is 13.2 Å². The highest BCUT2D eigenvalue weighted by molar-refractivity contribution is 7.47. The molecule has 0 aliphatic carbocycles. The van der Waals surface area contributed by atoms with Crippen molar-refractivity contribution in [3.05, 3.63) is 97.2 Å². The maximum absolute atomic E-state index is 12.6. The zero-order valence-electron chi connectivity index (χ0n) is 34.1. The highest BCUT2D eigenvalue weighted by Gasteiger charge is 2.25. The molecule has 0 heterocycles. The number of phosphoric acid groups is 1. The number of hydrogen-bond acceptors (Lipinski definition) is 8. The second kappa shape index (κ2) is 40.6. The van der Waals surface area contributed by atoms with Crippen LogP contribution in [0, 0.1) is 0 Å². The topological polar surface area (TPSA) is 134 Å². The van der Waals surface area contributed by atoms with Crippen LogP contribution in [0.3, 0.4) is 0 Å². The van der Waals surface area contributed by atoms with Crippen LogP contribution in [0.5, 0.6) is 0 Å². The van der Waals surface area contributed by atoms with Crippen LogP contribution >= 0.6 is 7.82 Å². The number of ether oxygens (including phenoxy) is 2. The molecule has 0 amide bonds. The third-order valence-corrected chi connectivity index (χ3v) is 8.95. The van der Waals surface area contributed by atoms with E-state index in [1.54, 1.807) is 0 Å². The van der Waals surface area contributed by atoms with Crippen molar-refractivity contribution in [2.24, 2.45) is 5.73 Å². The van der Waals surface area contributed by atoms with Crippen LogP contribution in [-0.4, -0.2) is 49.3 Å². The van der Waals surface area contributed by atoms with Gasteiger partial charge in [-0.05, 0) is 83.5 Å². The molecule has 0 fully saturated rings. The molecule has 10 heteroatoms. The van der Waals surface area contributed by atoms with Crippen molar-refractivity contribution in [3.63, 3.8) is 0 Å². The Kier molecular flexibility index (Phi) is 38.3. The summed E-state index contributed by atoms with van der Waals surface area (Å²) in [6, 6.07) is 0. The summed E-state index contributed by atoms with van der Waals surface area (Å²) in [5, 5.41) is 0. The Morgan fingerprint density at radius 1 is 0.564 bits per heavy atom. The summed E-state index contributed by atoms with van der Waals surface area (Å²) in [5.74, 6) is -0.956. The van der Waals surface area contributed by atoms with Crippen LogP contribution in [-0.2, 0) is 32.7 Å². The van der Waals surface area contributed by atoms with Crippen molar-refractivity contribution < 1.29 is 37.6 Å². The van der Waals surface area contributed by atoms with E-state index in [-0.39, 0.29) is 32.6 Å². The Bertz CT molecular complexity index is 1220. The molecule has 0 saturated carbocycles. The summed E-state index contributed by atoms with van der Waals surface area (Å²) in [6.07, 6.45) is 51.6. The van der Waals surface area contributed by atoms with Gasteiger partial charge in [-0.25, -0.2) is 4.57 Å². The molecule has 9 nitrogen and oxygen atoms in total. The summed E-state index contributed by atoms with van der Waals surface area (Å²) in [6.45, 7) is 3.45. The van der Waals surface area contributed by atoms with Crippen molar-refractivity contribution in [1.29, 1.82) is 0 Å². The standard InChI is InChI=1S/C45H74NO8P/c1-3-5-7-9-11-13-15-17-19-20-21-22-24-25-27-29-31-33-35-37-44(47)51-41-43(42-53-55(49,50)52-40-39-46)54-45(48)38-36-34-32-30-28-26-23-18-16-14-12-10-8-6-4-2/h6,8,11-14,17-19,21-23,25,27,31,33,43H,3-5,7,9-10,15-16,20,24,26,28-30,32,34-42,46H2,1-2H3,(H,49,50)/b8-6-,13-11-,14-12-,19-17-,22-21-,23-18-,27-25-,33-31-/t43-/m1/s1. The molecule has 0 saturated heterocycles. The predicted octanol–water partition coefficient (Wildman–Crippen LogP) is 11.8.